The van der Waals surface area contributed by atoms with Gasteiger partial charge in [0.05, 0.1) is 12.8 Å². The van der Waals surface area contributed by atoms with Crippen molar-refractivity contribution >= 4 is 34.7 Å². The van der Waals surface area contributed by atoms with E-state index in [4.69, 9.17) is 16.3 Å². The largest absolute Gasteiger partial charge is 0.495 e. The van der Waals surface area contributed by atoms with Crippen LogP contribution in [0.2, 0.25) is 5.02 Å². The molecule has 25 heavy (non-hydrogen) atoms. The van der Waals surface area contributed by atoms with E-state index in [-0.39, 0.29) is 11.6 Å². The normalized spacial score (nSPS) is 10.2. The van der Waals surface area contributed by atoms with Crippen molar-refractivity contribution < 1.29 is 9.53 Å². The lowest BCUT2D eigenvalue weighted by Crippen LogP contribution is -2.14. The van der Waals surface area contributed by atoms with Crippen molar-refractivity contribution in [2.75, 3.05) is 17.7 Å². The van der Waals surface area contributed by atoms with E-state index in [9.17, 15) is 4.79 Å². The minimum Gasteiger partial charge on any atom is -0.495 e. The van der Waals surface area contributed by atoms with E-state index in [0.717, 1.165) is 5.69 Å². The summed E-state index contributed by atoms with van der Waals surface area (Å²) in [5.41, 5.74) is 1.55. The molecular formula is C18H15ClN4O2. The molecule has 1 amide bonds. The van der Waals surface area contributed by atoms with Gasteiger partial charge in [0.15, 0.2) is 11.5 Å². The second-order valence-electron chi connectivity index (χ2n) is 5.09. The third kappa shape index (κ3) is 4.24. The molecule has 1 aromatic heterocycles. The molecule has 0 atom stereocenters. The van der Waals surface area contributed by atoms with Gasteiger partial charge in [0, 0.05) is 10.7 Å². The van der Waals surface area contributed by atoms with Gasteiger partial charge in [0.2, 0.25) is 0 Å². The topological polar surface area (TPSA) is 76.1 Å². The minimum atomic E-state index is -0.362. The highest BCUT2D eigenvalue weighted by atomic mass is 35.5. The second-order valence-corrected chi connectivity index (χ2v) is 5.53. The van der Waals surface area contributed by atoms with Crippen LogP contribution < -0.4 is 15.4 Å². The summed E-state index contributed by atoms with van der Waals surface area (Å²) < 4.78 is 5.27. The summed E-state index contributed by atoms with van der Waals surface area (Å²) >= 11 is 5.90. The first-order valence-electron chi connectivity index (χ1n) is 7.46. The summed E-state index contributed by atoms with van der Waals surface area (Å²) in [4.78, 5) is 12.2. The Morgan fingerprint density at radius 1 is 1.04 bits per heavy atom. The number of methoxy groups -OCH3 is 1. The molecule has 0 saturated carbocycles. The van der Waals surface area contributed by atoms with Crippen LogP contribution in [0.5, 0.6) is 5.75 Å². The molecule has 3 rings (SSSR count). The van der Waals surface area contributed by atoms with Gasteiger partial charge in [0.25, 0.3) is 5.91 Å². The highest BCUT2D eigenvalue weighted by molar-refractivity contribution is 6.30. The van der Waals surface area contributed by atoms with E-state index in [1.807, 2.05) is 24.3 Å². The maximum Gasteiger partial charge on any atom is 0.276 e. The van der Waals surface area contributed by atoms with Gasteiger partial charge in [-0.15, -0.1) is 10.2 Å². The Morgan fingerprint density at radius 2 is 1.88 bits per heavy atom. The molecule has 0 aliphatic carbocycles. The number of ether oxygens (including phenoxy) is 1. The van der Waals surface area contributed by atoms with Crippen LogP contribution in [-0.2, 0) is 0 Å². The number of para-hydroxylation sites is 2. The molecule has 0 aliphatic heterocycles. The van der Waals surface area contributed by atoms with Crippen molar-refractivity contribution in [2.24, 2.45) is 0 Å². The fourth-order valence-electron chi connectivity index (χ4n) is 2.17. The lowest BCUT2D eigenvalue weighted by atomic mass is 10.3. The van der Waals surface area contributed by atoms with E-state index >= 15 is 0 Å². The lowest BCUT2D eigenvalue weighted by Gasteiger charge is -2.10. The summed E-state index contributed by atoms with van der Waals surface area (Å²) in [6, 6.07) is 17.6. The quantitative estimate of drug-likeness (QED) is 0.720. The number of rotatable bonds is 5. The molecule has 0 radical (unpaired) electrons. The molecule has 3 aromatic rings. The summed E-state index contributed by atoms with van der Waals surface area (Å²) in [6.45, 7) is 0. The Labute approximate surface area is 149 Å². The smallest absolute Gasteiger partial charge is 0.276 e. The van der Waals surface area contributed by atoms with Crippen molar-refractivity contribution in [3.63, 3.8) is 0 Å². The number of hydrogen-bond acceptors (Lipinski definition) is 5. The minimum absolute atomic E-state index is 0.200. The fraction of sp³-hybridized carbons (Fsp3) is 0.0556. The summed E-state index contributed by atoms with van der Waals surface area (Å²) in [6.07, 6.45) is 0. The van der Waals surface area contributed by atoms with E-state index < -0.39 is 0 Å². The number of carbonyl (C=O) groups excluding carboxylic acids is 1. The molecule has 0 aliphatic rings. The standard InChI is InChI=1S/C18H15ClN4O2/c1-25-16-8-3-2-7-14(16)21-17-10-9-15(22-23-17)18(24)20-13-6-4-5-12(19)11-13/h2-11H,1H3,(H,20,24)(H,21,23). The summed E-state index contributed by atoms with van der Waals surface area (Å²) in [5.74, 6) is 0.828. The number of nitrogens with one attached hydrogen (secondary N) is 2. The molecule has 6 nitrogen and oxygen atoms in total. The molecule has 2 aromatic carbocycles. The number of benzene rings is 2. The number of aromatic nitrogens is 2. The van der Waals surface area contributed by atoms with Crippen LogP contribution in [0.25, 0.3) is 0 Å². The molecule has 0 unspecified atom stereocenters. The van der Waals surface area contributed by atoms with E-state index in [1.54, 1.807) is 43.5 Å². The molecule has 2 N–H and O–H groups in total. The number of amides is 1. The predicted octanol–water partition coefficient (Wildman–Crippen LogP) is 4.13. The Morgan fingerprint density at radius 3 is 2.60 bits per heavy atom. The van der Waals surface area contributed by atoms with Crippen LogP contribution in [-0.4, -0.2) is 23.2 Å². The highest BCUT2D eigenvalue weighted by Crippen LogP contribution is 2.25. The summed E-state index contributed by atoms with van der Waals surface area (Å²) in [7, 11) is 1.59. The Bertz CT molecular complexity index is 884. The van der Waals surface area contributed by atoms with E-state index in [2.05, 4.69) is 20.8 Å². The molecule has 0 spiro atoms. The summed E-state index contributed by atoms with van der Waals surface area (Å²) in [5, 5.41) is 14.3. The zero-order chi connectivity index (χ0) is 17.6. The third-order valence-corrected chi connectivity index (χ3v) is 3.58. The van der Waals surface area contributed by atoms with Gasteiger partial charge in [-0.2, -0.15) is 0 Å². The van der Waals surface area contributed by atoms with Gasteiger partial charge in [-0.05, 0) is 42.5 Å². The molecular weight excluding hydrogens is 340 g/mol. The van der Waals surface area contributed by atoms with Gasteiger partial charge in [0.1, 0.15) is 5.75 Å². The number of nitrogens with zero attached hydrogens (tertiary/aromatic N) is 2. The van der Waals surface area contributed by atoms with Crippen LogP contribution in [0.15, 0.2) is 60.7 Å². The first-order valence-corrected chi connectivity index (χ1v) is 7.84. The Hall–Kier alpha value is -3.12. The van der Waals surface area contributed by atoms with Crippen molar-refractivity contribution in [1.29, 1.82) is 0 Å². The molecule has 126 valence electrons. The van der Waals surface area contributed by atoms with E-state index in [1.165, 1.54) is 0 Å². The predicted molar refractivity (Wildman–Crippen MR) is 97.7 cm³/mol. The second kappa shape index (κ2) is 7.63. The van der Waals surface area contributed by atoms with Crippen LogP contribution >= 0.6 is 11.6 Å². The van der Waals surface area contributed by atoms with Crippen LogP contribution in [0.4, 0.5) is 17.2 Å². The van der Waals surface area contributed by atoms with Crippen LogP contribution in [0.3, 0.4) is 0 Å². The number of anilines is 3. The van der Waals surface area contributed by atoms with Crippen molar-refractivity contribution in [1.82, 2.24) is 10.2 Å². The molecule has 1 heterocycles. The Balaban J connectivity index is 1.70. The monoisotopic (exact) mass is 354 g/mol. The van der Waals surface area contributed by atoms with Crippen molar-refractivity contribution in [2.45, 2.75) is 0 Å². The molecule has 0 bridgehead atoms. The number of hydrogen-bond donors (Lipinski definition) is 2. The van der Waals surface area contributed by atoms with E-state index in [0.29, 0.717) is 22.3 Å². The maximum absolute atomic E-state index is 12.2. The zero-order valence-electron chi connectivity index (χ0n) is 13.4. The number of halogens is 1. The maximum atomic E-state index is 12.2. The van der Waals surface area contributed by atoms with Gasteiger partial charge in [-0.3, -0.25) is 4.79 Å². The van der Waals surface area contributed by atoms with Gasteiger partial charge < -0.3 is 15.4 Å². The van der Waals surface area contributed by atoms with Crippen LogP contribution in [0.1, 0.15) is 10.5 Å². The first kappa shape index (κ1) is 16.7. The molecule has 0 fully saturated rings. The highest BCUT2D eigenvalue weighted by Gasteiger charge is 2.10. The van der Waals surface area contributed by atoms with Crippen molar-refractivity contribution in [3.05, 3.63) is 71.4 Å². The molecule has 0 saturated heterocycles. The van der Waals surface area contributed by atoms with Gasteiger partial charge in [-0.1, -0.05) is 29.8 Å². The van der Waals surface area contributed by atoms with Gasteiger partial charge in [-0.25, -0.2) is 0 Å². The Kier molecular flexibility index (Phi) is 5.11. The van der Waals surface area contributed by atoms with Crippen LogP contribution in [0, 0.1) is 0 Å². The number of carbonyl (C=O) groups is 1. The average molecular weight is 355 g/mol. The van der Waals surface area contributed by atoms with Gasteiger partial charge >= 0.3 is 0 Å². The van der Waals surface area contributed by atoms with Crippen molar-refractivity contribution in [3.8, 4) is 5.75 Å². The SMILES string of the molecule is COc1ccccc1Nc1ccc(C(=O)Nc2cccc(Cl)c2)nn1. The lowest BCUT2D eigenvalue weighted by molar-refractivity contribution is 0.102. The average Bonchev–Trinajstić information content (AvgIpc) is 2.63. The third-order valence-electron chi connectivity index (χ3n) is 3.35. The first-order chi connectivity index (χ1) is 12.2. The zero-order valence-corrected chi connectivity index (χ0v) is 14.1. The fourth-order valence-corrected chi connectivity index (χ4v) is 2.36. The molecule has 7 heteroatoms.